The third kappa shape index (κ3) is 8.27. The van der Waals surface area contributed by atoms with Crippen molar-refractivity contribution in [2.24, 2.45) is 0 Å². The average molecular weight is 345 g/mol. The van der Waals surface area contributed by atoms with Crippen LogP contribution >= 0.6 is 0 Å². The Hall–Kier alpha value is 0.354. The van der Waals surface area contributed by atoms with E-state index in [1.54, 1.807) is 0 Å². The molecule has 0 aliphatic heterocycles. The first-order valence-corrected chi connectivity index (χ1v) is 16.2. The first-order chi connectivity index (χ1) is 10.2. The summed E-state index contributed by atoms with van der Waals surface area (Å²) in [6.45, 7) is 24.7. The second-order valence-corrected chi connectivity index (χ2v) is 19.2. The zero-order valence-electron chi connectivity index (χ0n) is 16.8. The minimum absolute atomic E-state index is 0.954. The zero-order chi connectivity index (χ0) is 17.2. The van der Waals surface area contributed by atoms with Gasteiger partial charge in [-0.15, -0.1) is 0 Å². The van der Waals surface area contributed by atoms with Gasteiger partial charge in [-0.2, -0.15) is 0 Å². The van der Waals surface area contributed by atoms with Crippen LogP contribution in [0.5, 0.6) is 0 Å². The Balaban J connectivity index is 4.42. The maximum Gasteiger partial charge on any atom is 0.0502 e. The van der Waals surface area contributed by atoms with E-state index in [-0.39, 0.29) is 0 Å². The highest BCUT2D eigenvalue weighted by atomic mass is 28.3. The number of rotatable bonds is 13. The quantitative estimate of drug-likeness (QED) is 0.355. The van der Waals surface area contributed by atoms with Crippen molar-refractivity contribution in [2.75, 3.05) is 26.2 Å². The van der Waals surface area contributed by atoms with E-state index in [0.717, 1.165) is 24.2 Å². The van der Waals surface area contributed by atoms with Crippen LogP contribution in [-0.2, 0) is 0 Å². The molecule has 2 nitrogen and oxygen atoms in total. The summed E-state index contributed by atoms with van der Waals surface area (Å²) in [6, 6.07) is 2.96. The van der Waals surface area contributed by atoms with Crippen molar-refractivity contribution in [3.63, 3.8) is 0 Å². The van der Waals surface area contributed by atoms with E-state index in [1.807, 2.05) is 0 Å². The topological polar surface area (TPSA) is 24.1 Å². The lowest BCUT2D eigenvalue weighted by molar-refractivity contribution is 0.683. The molecule has 0 rings (SSSR count). The molecule has 0 aliphatic carbocycles. The van der Waals surface area contributed by atoms with Crippen LogP contribution in [0.4, 0.5) is 0 Å². The summed E-state index contributed by atoms with van der Waals surface area (Å²) in [6.07, 6.45) is 2.74. The fourth-order valence-corrected chi connectivity index (χ4v) is 12.0. The van der Waals surface area contributed by atoms with Gasteiger partial charge in [0.1, 0.15) is 0 Å². The van der Waals surface area contributed by atoms with Crippen LogP contribution in [0.15, 0.2) is 0 Å². The Morgan fingerprint density at radius 1 is 0.682 bits per heavy atom. The molecule has 0 spiro atoms. The molecule has 0 amide bonds. The molecule has 0 fully saturated rings. The maximum absolute atomic E-state index is 3.48. The fourth-order valence-electron chi connectivity index (χ4n) is 3.50. The van der Waals surface area contributed by atoms with E-state index in [9.17, 15) is 0 Å². The van der Waals surface area contributed by atoms with E-state index in [4.69, 9.17) is 0 Å². The normalized spacial score (nSPS) is 15.8. The van der Waals surface area contributed by atoms with Gasteiger partial charge in [0.15, 0.2) is 0 Å². The maximum atomic E-state index is 3.48. The van der Waals surface area contributed by atoms with E-state index < -0.39 is 16.1 Å². The minimum atomic E-state index is -1.10. The van der Waals surface area contributed by atoms with Gasteiger partial charge in [0.05, 0.1) is 16.1 Å². The predicted molar refractivity (Wildman–Crippen MR) is 110 cm³/mol. The molecule has 0 saturated carbocycles. The number of nitrogens with one attached hydrogen (secondary N) is 2. The van der Waals surface area contributed by atoms with Gasteiger partial charge >= 0.3 is 0 Å². The van der Waals surface area contributed by atoms with Gasteiger partial charge in [0.25, 0.3) is 0 Å². The average Bonchev–Trinajstić information content (AvgIpc) is 2.46. The van der Waals surface area contributed by atoms with Gasteiger partial charge in [-0.1, -0.05) is 66.0 Å². The van der Waals surface area contributed by atoms with Crippen LogP contribution in [0.2, 0.25) is 49.4 Å². The highest BCUT2D eigenvalue weighted by Gasteiger charge is 2.39. The van der Waals surface area contributed by atoms with E-state index in [2.05, 4.69) is 64.5 Å². The third-order valence-electron chi connectivity index (χ3n) is 6.06. The van der Waals surface area contributed by atoms with Crippen molar-refractivity contribution in [1.82, 2.24) is 10.6 Å². The van der Waals surface area contributed by atoms with Gasteiger partial charge in [-0.25, -0.2) is 0 Å². The van der Waals surface area contributed by atoms with Crippen molar-refractivity contribution in [3.05, 3.63) is 0 Å². The van der Waals surface area contributed by atoms with Crippen LogP contribution < -0.4 is 10.6 Å². The van der Waals surface area contributed by atoms with Gasteiger partial charge in [-0.05, 0) is 50.1 Å². The van der Waals surface area contributed by atoms with Gasteiger partial charge < -0.3 is 10.6 Å². The standard InChI is InChI=1S/C18H44N2Si2/c1-9-19-13-11-15-21(5,6)17(3)18(4)22(7,8)16-12-14-20-10-2/h17-20H,9-16H2,1-8H3. The third-order valence-corrected chi connectivity index (χ3v) is 15.6. The molecular weight excluding hydrogens is 300 g/mol. The van der Waals surface area contributed by atoms with Crippen molar-refractivity contribution in [2.45, 2.75) is 89.9 Å². The lowest BCUT2D eigenvalue weighted by Gasteiger charge is -2.41. The summed E-state index contributed by atoms with van der Waals surface area (Å²) >= 11 is 0. The Bertz CT molecular complexity index is 252. The zero-order valence-corrected chi connectivity index (χ0v) is 18.8. The predicted octanol–water partition coefficient (Wildman–Crippen LogP) is 5.18. The van der Waals surface area contributed by atoms with Gasteiger partial charge in [0, 0.05) is 0 Å². The van der Waals surface area contributed by atoms with Crippen LogP contribution in [0.25, 0.3) is 0 Å². The summed E-state index contributed by atoms with van der Waals surface area (Å²) < 4.78 is 0. The Morgan fingerprint density at radius 3 is 1.27 bits per heavy atom. The van der Waals surface area contributed by atoms with E-state index in [0.29, 0.717) is 0 Å². The molecule has 0 aliphatic rings. The molecule has 2 N–H and O–H groups in total. The molecule has 0 aromatic carbocycles. The highest BCUT2D eigenvalue weighted by molar-refractivity contribution is 6.84. The molecule has 0 heterocycles. The Labute approximate surface area is 143 Å². The largest absolute Gasteiger partial charge is 0.317 e. The molecule has 2 unspecified atom stereocenters. The summed E-state index contributed by atoms with van der Waals surface area (Å²) in [5, 5.41) is 6.97. The van der Waals surface area contributed by atoms with Gasteiger partial charge in [0.2, 0.25) is 0 Å². The number of hydrogen-bond donors (Lipinski definition) is 2. The second kappa shape index (κ2) is 11.0. The summed E-state index contributed by atoms with van der Waals surface area (Å²) in [4.78, 5) is 0. The lowest BCUT2D eigenvalue weighted by atomic mass is 10.3. The van der Waals surface area contributed by atoms with Crippen molar-refractivity contribution < 1.29 is 0 Å². The highest BCUT2D eigenvalue weighted by Crippen LogP contribution is 2.43. The van der Waals surface area contributed by atoms with E-state index in [1.165, 1.54) is 38.0 Å². The van der Waals surface area contributed by atoms with Crippen molar-refractivity contribution in [1.29, 1.82) is 0 Å². The molecule has 0 radical (unpaired) electrons. The van der Waals surface area contributed by atoms with Crippen molar-refractivity contribution >= 4 is 16.1 Å². The van der Waals surface area contributed by atoms with Crippen LogP contribution in [0.3, 0.4) is 0 Å². The molecule has 0 aromatic heterocycles. The molecular formula is C18H44N2Si2. The second-order valence-electron chi connectivity index (χ2n) is 8.47. The monoisotopic (exact) mass is 344 g/mol. The summed E-state index contributed by atoms with van der Waals surface area (Å²) in [7, 11) is -2.21. The summed E-state index contributed by atoms with van der Waals surface area (Å²) in [5.41, 5.74) is 1.91. The molecule has 4 heteroatoms. The van der Waals surface area contributed by atoms with Crippen LogP contribution in [0.1, 0.15) is 40.5 Å². The van der Waals surface area contributed by atoms with Crippen LogP contribution in [0, 0.1) is 0 Å². The smallest absolute Gasteiger partial charge is 0.0502 e. The summed E-state index contributed by atoms with van der Waals surface area (Å²) in [5.74, 6) is 0. The lowest BCUT2D eigenvalue weighted by Crippen LogP contribution is -2.42. The Morgan fingerprint density at radius 2 is 1.00 bits per heavy atom. The molecule has 22 heavy (non-hydrogen) atoms. The fraction of sp³-hybridized carbons (Fsp3) is 1.00. The number of hydrogen-bond acceptors (Lipinski definition) is 2. The van der Waals surface area contributed by atoms with Crippen LogP contribution in [-0.4, -0.2) is 42.3 Å². The molecule has 134 valence electrons. The SMILES string of the molecule is CCNCCC[Si](C)(C)C(C)C(C)[Si](C)(C)CCCNCC. The Kier molecular flexibility index (Phi) is 11.2. The molecule has 0 aromatic rings. The minimum Gasteiger partial charge on any atom is -0.317 e. The first kappa shape index (κ1) is 22.4. The molecule has 0 bridgehead atoms. The first-order valence-electron chi connectivity index (χ1n) is 9.60. The van der Waals surface area contributed by atoms with Gasteiger partial charge in [-0.3, -0.25) is 0 Å². The van der Waals surface area contributed by atoms with Crippen molar-refractivity contribution in [3.8, 4) is 0 Å². The molecule has 2 atom stereocenters. The van der Waals surface area contributed by atoms with E-state index >= 15 is 0 Å². The molecule has 0 saturated heterocycles.